The monoisotopic (exact) mass is 348 g/mol. The maximum Gasteiger partial charge on any atom is 0.125 e. The molecule has 0 saturated carbocycles. The molecule has 0 spiro atoms. The van der Waals surface area contributed by atoms with Crippen molar-refractivity contribution < 1.29 is 4.39 Å². The van der Waals surface area contributed by atoms with Gasteiger partial charge in [-0.25, -0.2) is 4.39 Å². The highest BCUT2D eigenvalue weighted by atomic mass is 79.9. The van der Waals surface area contributed by atoms with Gasteiger partial charge in [-0.05, 0) is 46.6 Å². The predicted octanol–water partition coefficient (Wildman–Crippen LogP) is 4.13. The summed E-state index contributed by atoms with van der Waals surface area (Å²) in [6.07, 6.45) is 0. The van der Waals surface area contributed by atoms with E-state index in [1.54, 1.807) is 12.1 Å². The van der Waals surface area contributed by atoms with Crippen molar-refractivity contribution in [2.24, 2.45) is 0 Å². The van der Waals surface area contributed by atoms with E-state index in [4.69, 9.17) is 0 Å². The number of nitrogens with one attached hydrogen (secondary N) is 1. The van der Waals surface area contributed by atoms with E-state index in [9.17, 15) is 4.39 Å². The number of benzene rings is 2. The second kappa shape index (κ2) is 6.16. The molecule has 0 radical (unpaired) electrons. The molecule has 0 aliphatic carbocycles. The van der Waals surface area contributed by atoms with Crippen LogP contribution in [0.15, 0.2) is 53.0 Å². The van der Waals surface area contributed by atoms with Gasteiger partial charge in [0.1, 0.15) is 5.82 Å². The molecule has 2 aromatic carbocycles. The summed E-state index contributed by atoms with van der Waals surface area (Å²) in [5, 5.41) is 3.51. The van der Waals surface area contributed by atoms with Gasteiger partial charge in [-0.3, -0.25) is 0 Å². The van der Waals surface area contributed by atoms with Crippen LogP contribution in [0.5, 0.6) is 0 Å². The van der Waals surface area contributed by atoms with Crippen molar-refractivity contribution in [3.63, 3.8) is 0 Å². The smallest absolute Gasteiger partial charge is 0.125 e. The molecule has 1 heterocycles. The van der Waals surface area contributed by atoms with Crippen LogP contribution < -0.4 is 10.2 Å². The van der Waals surface area contributed by atoms with E-state index in [2.05, 4.69) is 45.2 Å². The number of piperazine rings is 1. The molecule has 2 unspecified atom stereocenters. The van der Waals surface area contributed by atoms with Crippen LogP contribution in [0.4, 0.5) is 10.1 Å². The summed E-state index contributed by atoms with van der Waals surface area (Å²) in [5.74, 6) is -0.203. The Kier molecular flexibility index (Phi) is 4.27. The highest BCUT2D eigenvalue weighted by Gasteiger charge is 2.28. The van der Waals surface area contributed by atoms with E-state index in [1.165, 1.54) is 11.6 Å². The first-order valence-electron chi connectivity index (χ1n) is 7.15. The normalized spacial score (nSPS) is 22.3. The van der Waals surface area contributed by atoms with E-state index >= 15 is 0 Å². The van der Waals surface area contributed by atoms with Gasteiger partial charge in [0.2, 0.25) is 0 Å². The lowest BCUT2D eigenvalue weighted by molar-refractivity contribution is 0.415. The quantitative estimate of drug-likeness (QED) is 0.877. The first kappa shape index (κ1) is 14.5. The van der Waals surface area contributed by atoms with Gasteiger partial charge in [0.25, 0.3) is 0 Å². The molecular weight excluding hydrogens is 331 g/mol. The first-order valence-corrected chi connectivity index (χ1v) is 7.94. The summed E-state index contributed by atoms with van der Waals surface area (Å²) < 4.78 is 14.6. The maximum absolute atomic E-state index is 13.7. The molecule has 1 saturated heterocycles. The Morgan fingerprint density at radius 3 is 2.71 bits per heavy atom. The van der Waals surface area contributed by atoms with Crippen LogP contribution in [0.3, 0.4) is 0 Å². The number of hydrogen-bond acceptors (Lipinski definition) is 2. The molecule has 21 heavy (non-hydrogen) atoms. The van der Waals surface area contributed by atoms with Crippen molar-refractivity contribution in [3.05, 3.63) is 64.4 Å². The predicted molar refractivity (Wildman–Crippen MR) is 88.1 cm³/mol. The van der Waals surface area contributed by atoms with E-state index in [0.29, 0.717) is 6.04 Å². The van der Waals surface area contributed by atoms with Gasteiger partial charge in [0.15, 0.2) is 0 Å². The lowest BCUT2D eigenvalue weighted by Gasteiger charge is -2.41. The minimum Gasteiger partial charge on any atom is -0.361 e. The van der Waals surface area contributed by atoms with Crippen LogP contribution in [-0.4, -0.2) is 19.1 Å². The minimum absolute atomic E-state index is 0.203. The summed E-state index contributed by atoms with van der Waals surface area (Å²) in [5.41, 5.74) is 2.16. The molecule has 0 amide bonds. The molecule has 0 aromatic heterocycles. The van der Waals surface area contributed by atoms with E-state index in [0.717, 1.165) is 23.2 Å². The second-order valence-corrected chi connectivity index (χ2v) is 6.34. The number of anilines is 1. The zero-order valence-electron chi connectivity index (χ0n) is 11.9. The summed E-state index contributed by atoms with van der Waals surface area (Å²) in [4.78, 5) is 2.28. The molecule has 2 atom stereocenters. The third kappa shape index (κ3) is 3.11. The SMILES string of the molecule is CC1CN(c2cc(F)ccc2Br)C(c2ccccc2)CN1. The van der Waals surface area contributed by atoms with Crippen LogP contribution in [0.1, 0.15) is 18.5 Å². The average Bonchev–Trinajstić information content (AvgIpc) is 2.50. The van der Waals surface area contributed by atoms with Gasteiger partial charge in [0, 0.05) is 23.6 Å². The molecule has 4 heteroatoms. The van der Waals surface area contributed by atoms with Crippen molar-refractivity contribution in [1.82, 2.24) is 5.32 Å². The molecule has 0 bridgehead atoms. The Labute approximate surface area is 133 Å². The third-order valence-electron chi connectivity index (χ3n) is 3.91. The van der Waals surface area contributed by atoms with Gasteiger partial charge in [-0.15, -0.1) is 0 Å². The molecule has 110 valence electrons. The summed E-state index contributed by atoms with van der Waals surface area (Å²) in [6, 6.07) is 15.8. The number of rotatable bonds is 2. The molecule has 2 aromatic rings. The zero-order valence-corrected chi connectivity index (χ0v) is 13.5. The van der Waals surface area contributed by atoms with Crippen molar-refractivity contribution >= 4 is 21.6 Å². The summed E-state index contributed by atoms with van der Waals surface area (Å²) in [7, 11) is 0. The van der Waals surface area contributed by atoms with Gasteiger partial charge < -0.3 is 10.2 Å². The Morgan fingerprint density at radius 1 is 1.19 bits per heavy atom. The Hall–Kier alpha value is -1.39. The van der Waals surface area contributed by atoms with Crippen molar-refractivity contribution in [1.29, 1.82) is 0 Å². The van der Waals surface area contributed by atoms with Crippen LogP contribution in [-0.2, 0) is 0 Å². The average molecular weight is 349 g/mol. The molecule has 1 fully saturated rings. The third-order valence-corrected chi connectivity index (χ3v) is 4.58. The number of halogens is 2. The Morgan fingerprint density at radius 2 is 1.95 bits per heavy atom. The Bertz CT molecular complexity index is 617. The molecular formula is C17H18BrFN2. The van der Waals surface area contributed by atoms with Gasteiger partial charge in [-0.2, -0.15) is 0 Å². The lowest BCUT2D eigenvalue weighted by atomic mass is 10.0. The summed E-state index contributed by atoms with van der Waals surface area (Å²) in [6.45, 7) is 3.86. The molecule has 1 aliphatic heterocycles. The number of nitrogens with zero attached hydrogens (tertiary/aromatic N) is 1. The van der Waals surface area contributed by atoms with Crippen molar-refractivity contribution in [3.8, 4) is 0 Å². The highest BCUT2D eigenvalue weighted by molar-refractivity contribution is 9.10. The minimum atomic E-state index is -0.203. The van der Waals surface area contributed by atoms with Gasteiger partial charge in [-0.1, -0.05) is 30.3 Å². The zero-order chi connectivity index (χ0) is 14.8. The second-order valence-electron chi connectivity index (χ2n) is 5.48. The van der Waals surface area contributed by atoms with E-state index in [-0.39, 0.29) is 11.9 Å². The van der Waals surface area contributed by atoms with Crippen molar-refractivity contribution in [2.75, 3.05) is 18.0 Å². The molecule has 1 N–H and O–H groups in total. The topological polar surface area (TPSA) is 15.3 Å². The molecule has 3 rings (SSSR count). The van der Waals surface area contributed by atoms with Crippen LogP contribution >= 0.6 is 15.9 Å². The fourth-order valence-electron chi connectivity index (χ4n) is 2.85. The largest absolute Gasteiger partial charge is 0.361 e. The van der Waals surface area contributed by atoms with Gasteiger partial charge >= 0.3 is 0 Å². The highest BCUT2D eigenvalue weighted by Crippen LogP contribution is 2.35. The molecule has 2 nitrogen and oxygen atoms in total. The van der Waals surface area contributed by atoms with Crippen LogP contribution in [0.25, 0.3) is 0 Å². The first-order chi connectivity index (χ1) is 10.1. The van der Waals surface area contributed by atoms with Crippen molar-refractivity contribution in [2.45, 2.75) is 19.0 Å². The Balaban J connectivity index is 2.00. The standard InChI is InChI=1S/C17H18BrFN2/c1-12-11-21(16-9-14(19)7-8-15(16)18)17(10-20-12)13-5-3-2-4-6-13/h2-9,12,17,20H,10-11H2,1H3. The van der Waals surface area contributed by atoms with Crippen LogP contribution in [0.2, 0.25) is 0 Å². The van der Waals surface area contributed by atoms with E-state index in [1.807, 2.05) is 18.2 Å². The summed E-state index contributed by atoms with van der Waals surface area (Å²) >= 11 is 3.56. The maximum atomic E-state index is 13.7. The number of hydrogen-bond donors (Lipinski definition) is 1. The lowest BCUT2D eigenvalue weighted by Crippen LogP contribution is -2.51. The van der Waals surface area contributed by atoms with Crippen LogP contribution in [0, 0.1) is 5.82 Å². The molecule has 1 aliphatic rings. The van der Waals surface area contributed by atoms with E-state index < -0.39 is 0 Å². The fourth-order valence-corrected chi connectivity index (χ4v) is 3.33. The fraction of sp³-hybridized carbons (Fsp3) is 0.294. The van der Waals surface area contributed by atoms with Gasteiger partial charge in [0.05, 0.1) is 11.7 Å².